The van der Waals surface area contributed by atoms with Crippen LogP contribution in [-0.2, 0) is 4.74 Å². The number of rotatable bonds is 9. The summed E-state index contributed by atoms with van der Waals surface area (Å²) in [4.78, 5) is 2.42. The minimum atomic E-state index is 0.571. The Bertz CT molecular complexity index is 120. The van der Waals surface area contributed by atoms with Crippen molar-refractivity contribution in [2.75, 3.05) is 39.4 Å². The Morgan fingerprint density at radius 1 is 1.29 bits per heavy atom. The summed E-state index contributed by atoms with van der Waals surface area (Å²) >= 11 is 0. The highest BCUT2D eigenvalue weighted by Crippen LogP contribution is 1.92. The van der Waals surface area contributed by atoms with E-state index in [1.54, 1.807) is 0 Å². The summed E-state index contributed by atoms with van der Waals surface area (Å²) in [7, 11) is 0. The van der Waals surface area contributed by atoms with Crippen LogP contribution in [0.1, 0.15) is 27.7 Å². The van der Waals surface area contributed by atoms with Crippen LogP contribution < -0.4 is 5.32 Å². The largest absolute Gasteiger partial charge is 0.380 e. The Morgan fingerprint density at radius 3 is 2.50 bits per heavy atom. The van der Waals surface area contributed by atoms with Gasteiger partial charge in [-0.15, -0.1) is 0 Å². The summed E-state index contributed by atoms with van der Waals surface area (Å²) in [5.74, 6) is 0. The van der Waals surface area contributed by atoms with Crippen molar-refractivity contribution in [1.82, 2.24) is 10.2 Å². The van der Waals surface area contributed by atoms with E-state index in [0.717, 1.165) is 39.4 Å². The SMILES string of the molecule is CCNC(C)CN(CC)CCOCC. The maximum atomic E-state index is 5.35. The van der Waals surface area contributed by atoms with Crippen molar-refractivity contribution in [2.24, 2.45) is 0 Å². The van der Waals surface area contributed by atoms with E-state index in [4.69, 9.17) is 4.74 Å². The molecule has 0 bridgehead atoms. The molecule has 0 fully saturated rings. The van der Waals surface area contributed by atoms with Gasteiger partial charge in [-0.1, -0.05) is 13.8 Å². The molecule has 3 heteroatoms. The maximum absolute atomic E-state index is 5.35. The summed E-state index contributed by atoms with van der Waals surface area (Å²) in [5.41, 5.74) is 0. The van der Waals surface area contributed by atoms with Gasteiger partial charge in [0.2, 0.25) is 0 Å². The van der Waals surface area contributed by atoms with Crippen LogP contribution in [0.5, 0.6) is 0 Å². The molecule has 0 aliphatic carbocycles. The van der Waals surface area contributed by atoms with Crippen LogP contribution in [0.25, 0.3) is 0 Å². The molecule has 0 aliphatic heterocycles. The maximum Gasteiger partial charge on any atom is 0.0593 e. The standard InChI is InChI=1S/C11H26N2O/c1-5-12-11(4)10-13(6-2)8-9-14-7-3/h11-12H,5-10H2,1-4H3. The summed E-state index contributed by atoms with van der Waals surface area (Å²) < 4.78 is 5.35. The first-order valence-electron chi connectivity index (χ1n) is 5.78. The van der Waals surface area contributed by atoms with E-state index in [0.29, 0.717) is 6.04 Å². The van der Waals surface area contributed by atoms with Crippen molar-refractivity contribution in [3.05, 3.63) is 0 Å². The summed E-state index contributed by atoms with van der Waals surface area (Å²) in [5, 5.41) is 3.42. The van der Waals surface area contributed by atoms with Crippen LogP contribution in [-0.4, -0.2) is 50.3 Å². The number of ether oxygens (including phenoxy) is 1. The van der Waals surface area contributed by atoms with Gasteiger partial charge in [0.25, 0.3) is 0 Å². The second-order valence-corrected chi connectivity index (χ2v) is 3.55. The highest BCUT2D eigenvalue weighted by atomic mass is 16.5. The number of nitrogens with zero attached hydrogens (tertiary/aromatic N) is 1. The van der Waals surface area contributed by atoms with Gasteiger partial charge in [-0.3, -0.25) is 4.90 Å². The summed E-state index contributed by atoms with van der Waals surface area (Å²) in [6, 6.07) is 0.571. The molecule has 0 heterocycles. The van der Waals surface area contributed by atoms with Crippen molar-refractivity contribution >= 4 is 0 Å². The Labute approximate surface area is 88.8 Å². The molecule has 0 amide bonds. The van der Waals surface area contributed by atoms with E-state index in [2.05, 4.69) is 31.0 Å². The van der Waals surface area contributed by atoms with Crippen LogP contribution in [0.15, 0.2) is 0 Å². The molecule has 0 radical (unpaired) electrons. The summed E-state index contributed by atoms with van der Waals surface area (Å²) in [6.07, 6.45) is 0. The first-order valence-corrected chi connectivity index (χ1v) is 5.78. The fourth-order valence-electron chi connectivity index (χ4n) is 1.52. The van der Waals surface area contributed by atoms with Crippen molar-refractivity contribution in [3.63, 3.8) is 0 Å². The molecule has 0 saturated carbocycles. The quantitative estimate of drug-likeness (QED) is 0.571. The number of likely N-dealkylation sites (N-methyl/N-ethyl adjacent to an activating group) is 2. The molecule has 1 atom stereocenters. The third kappa shape index (κ3) is 7.30. The Morgan fingerprint density at radius 2 is 2.00 bits per heavy atom. The van der Waals surface area contributed by atoms with Gasteiger partial charge in [0.15, 0.2) is 0 Å². The molecule has 0 saturated heterocycles. The molecule has 1 unspecified atom stereocenters. The molecule has 0 aromatic carbocycles. The highest BCUT2D eigenvalue weighted by Gasteiger charge is 2.06. The molecule has 86 valence electrons. The molecule has 3 nitrogen and oxygen atoms in total. The molecule has 0 aliphatic rings. The second-order valence-electron chi connectivity index (χ2n) is 3.55. The molecular formula is C11H26N2O. The average Bonchev–Trinajstić information content (AvgIpc) is 2.17. The highest BCUT2D eigenvalue weighted by molar-refractivity contribution is 4.65. The van der Waals surface area contributed by atoms with Crippen LogP contribution in [0.3, 0.4) is 0 Å². The van der Waals surface area contributed by atoms with E-state index in [1.165, 1.54) is 0 Å². The smallest absolute Gasteiger partial charge is 0.0593 e. The Balaban J connectivity index is 3.55. The third-order valence-corrected chi connectivity index (χ3v) is 2.29. The first kappa shape index (κ1) is 13.9. The molecule has 0 aromatic rings. The average molecular weight is 202 g/mol. The van der Waals surface area contributed by atoms with Gasteiger partial charge < -0.3 is 10.1 Å². The first-order chi connectivity index (χ1) is 6.74. The van der Waals surface area contributed by atoms with E-state index in [9.17, 15) is 0 Å². The van der Waals surface area contributed by atoms with Crippen LogP contribution in [0.2, 0.25) is 0 Å². The lowest BCUT2D eigenvalue weighted by Crippen LogP contribution is -2.40. The van der Waals surface area contributed by atoms with Gasteiger partial charge in [0.1, 0.15) is 0 Å². The molecular weight excluding hydrogens is 176 g/mol. The second kappa shape index (κ2) is 9.44. The van der Waals surface area contributed by atoms with Crippen molar-refractivity contribution in [2.45, 2.75) is 33.7 Å². The monoisotopic (exact) mass is 202 g/mol. The minimum Gasteiger partial charge on any atom is -0.380 e. The van der Waals surface area contributed by atoms with Crippen LogP contribution in [0.4, 0.5) is 0 Å². The van der Waals surface area contributed by atoms with Crippen molar-refractivity contribution in [1.29, 1.82) is 0 Å². The Hall–Kier alpha value is -0.120. The van der Waals surface area contributed by atoms with E-state index in [1.807, 2.05) is 6.92 Å². The zero-order valence-corrected chi connectivity index (χ0v) is 10.2. The van der Waals surface area contributed by atoms with E-state index in [-0.39, 0.29) is 0 Å². The van der Waals surface area contributed by atoms with E-state index >= 15 is 0 Å². The summed E-state index contributed by atoms with van der Waals surface area (Å²) in [6.45, 7) is 14.6. The van der Waals surface area contributed by atoms with E-state index < -0.39 is 0 Å². The van der Waals surface area contributed by atoms with Crippen LogP contribution in [0, 0.1) is 0 Å². The lowest BCUT2D eigenvalue weighted by atomic mass is 10.3. The van der Waals surface area contributed by atoms with Gasteiger partial charge in [0.05, 0.1) is 6.61 Å². The van der Waals surface area contributed by atoms with Gasteiger partial charge >= 0.3 is 0 Å². The van der Waals surface area contributed by atoms with Crippen molar-refractivity contribution in [3.8, 4) is 0 Å². The molecule has 14 heavy (non-hydrogen) atoms. The number of nitrogens with one attached hydrogen (secondary N) is 1. The minimum absolute atomic E-state index is 0.571. The topological polar surface area (TPSA) is 24.5 Å². The normalized spacial score (nSPS) is 13.5. The molecule has 0 spiro atoms. The predicted molar refractivity (Wildman–Crippen MR) is 61.7 cm³/mol. The lowest BCUT2D eigenvalue weighted by Gasteiger charge is -2.24. The number of hydrogen-bond acceptors (Lipinski definition) is 3. The number of hydrogen-bond donors (Lipinski definition) is 1. The third-order valence-electron chi connectivity index (χ3n) is 2.29. The fourth-order valence-corrected chi connectivity index (χ4v) is 1.52. The lowest BCUT2D eigenvalue weighted by molar-refractivity contribution is 0.112. The molecule has 1 N–H and O–H groups in total. The Kier molecular flexibility index (Phi) is 9.35. The zero-order valence-electron chi connectivity index (χ0n) is 10.2. The van der Waals surface area contributed by atoms with Gasteiger partial charge in [0, 0.05) is 25.7 Å². The fraction of sp³-hybridized carbons (Fsp3) is 1.00. The van der Waals surface area contributed by atoms with Gasteiger partial charge in [-0.05, 0) is 26.9 Å². The van der Waals surface area contributed by atoms with Crippen LogP contribution >= 0.6 is 0 Å². The zero-order chi connectivity index (χ0) is 10.8. The van der Waals surface area contributed by atoms with Gasteiger partial charge in [-0.2, -0.15) is 0 Å². The molecule has 0 rings (SSSR count). The molecule has 0 aromatic heterocycles. The predicted octanol–water partition coefficient (Wildman–Crippen LogP) is 1.34. The van der Waals surface area contributed by atoms with Gasteiger partial charge in [-0.25, -0.2) is 0 Å². The van der Waals surface area contributed by atoms with Crippen molar-refractivity contribution < 1.29 is 4.74 Å².